The Morgan fingerprint density at radius 1 is 0.682 bits per heavy atom. The second-order valence-electron chi connectivity index (χ2n) is 5.96. The third-order valence-corrected chi connectivity index (χ3v) is 4.65. The van der Waals surface area contributed by atoms with Gasteiger partial charge in [0.05, 0.1) is 0 Å². The molecule has 0 radical (unpaired) electrons. The van der Waals surface area contributed by atoms with Gasteiger partial charge in [-0.25, -0.2) is 0 Å². The van der Waals surface area contributed by atoms with Crippen LogP contribution in [-0.4, -0.2) is 24.9 Å². The first kappa shape index (κ1) is 22.4. The molecule has 132 valence electrons. The van der Waals surface area contributed by atoms with Crippen molar-refractivity contribution in [3.8, 4) is 0 Å². The summed E-state index contributed by atoms with van der Waals surface area (Å²) in [4.78, 5) is 0. The minimum Gasteiger partial charge on any atom is -0.356 e. The van der Waals surface area contributed by atoms with E-state index in [1.54, 1.807) is 14.2 Å². The SMILES string of the molecule is COC(CCCCCCCCCCCC/C=C\CCI)OC. The van der Waals surface area contributed by atoms with Crippen molar-refractivity contribution in [1.29, 1.82) is 0 Å². The van der Waals surface area contributed by atoms with Crippen molar-refractivity contribution < 1.29 is 9.47 Å². The van der Waals surface area contributed by atoms with Gasteiger partial charge in [0, 0.05) is 18.6 Å². The van der Waals surface area contributed by atoms with Gasteiger partial charge < -0.3 is 9.47 Å². The zero-order chi connectivity index (χ0) is 16.3. The molecule has 22 heavy (non-hydrogen) atoms. The third kappa shape index (κ3) is 16.8. The summed E-state index contributed by atoms with van der Waals surface area (Å²) in [5.41, 5.74) is 0. The highest BCUT2D eigenvalue weighted by atomic mass is 127. The fourth-order valence-corrected chi connectivity index (χ4v) is 2.98. The molecule has 0 heterocycles. The molecule has 0 aliphatic heterocycles. The highest BCUT2D eigenvalue weighted by Crippen LogP contribution is 2.13. The first-order chi connectivity index (χ1) is 10.8. The van der Waals surface area contributed by atoms with Crippen molar-refractivity contribution in [2.45, 2.75) is 89.8 Å². The lowest BCUT2D eigenvalue weighted by molar-refractivity contribution is -0.107. The van der Waals surface area contributed by atoms with Crippen LogP contribution in [0.25, 0.3) is 0 Å². The van der Waals surface area contributed by atoms with E-state index in [4.69, 9.17) is 9.47 Å². The molecule has 0 N–H and O–H groups in total. The lowest BCUT2D eigenvalue weighted by atomic mass is 10.0. The smallest absolute Gasteiger partial charge is 0.156 e. The average molecular weight is 424 g/mol. The molecule has 0 bridgehead atoms. The van der Waals surface area contributed by atoms with E-state index in [0.717, 1.165) is 6.42 Å². The Hall–Kier alpha value is 0.390. The number of rotatable bonds is 17. The van der Waals surface area contributed by atoms with Gasteiger partial charge in [0.25, 0.3) is 0 Å². The maximum absolute atomic E-state index is 5.19. The monoisotopic (exact) mass is 424 g/mol. The van der Waals surface area contributed by atoms with Crippen LogP contribution in [0.2, 0.25) is 0 Å². The summed E-state index contributed by atoms with van der Waals surface area (Å²) in [6.45, 7) is 0. The van der Waals surface area contributed by atoms with Crippen LogP contribution in [0.4, 0.5) is 0 Å². The highest BCUT2D eigenvalue weighted by Gasteiger charge is 2.03. The summed E-state index contributed by atoms with van der Waals surface area (Å²) in [7, 11) is 3.44. The van der Waals surface area contributed by atoms with Crippen LogP contribution in [0.5, 0.6) is 0 Å². The molecule has 0 saturated carbocycles. The molecule has 0 aliphatic carbocycles. The first-order valence-corrected chi connectivity index (χ1v) is 10.6. The number of methoxy groups -OCH3 is 2. The van der Waals surface area contributed by atoms with Crippen molar-refractivity contribution in [1.82, 2.24) is 0 Å². The Morgan fingerprint density at radius 3 is 1.64 bits per heavy atom. The third-order valence-electron chi connectivity index (χ3n) is 4.03. The maximum atomic E-state index is 5.19. The Kier molecular flexibility index (Phi) is 19.8. The molecule has 0 amide bonds. The molecule has 0 fully saturated rings. The number of unbranched alkanes of at least 4 members (excludes halogenated alkanes) is 10. The van der Waals surface area contributed by atoms with Gasteiger partial charge in [-0.1, -0.05) is 86.1 Å². The quantitative estimate of drug-likeness (QED) is 0.0854. The van der Waals surface area contributed by atoms with E-state index in [2.05, 4.69) is 34.7 Å². The molecule has 0 aromatic rings. The van der Waals surface area contributed by atoms with E-state index >= 15 is 0 Å². The van der Waals surface area contributed by atoms with Crippen LogP contribution in [0, 0.1) is 0 Å². The molecule has 0 spiro atoms. The standard InChI is InChI=1S/C19H37IO2/c1-21-19(22-2)17-15-13-11-9-7-5-3-4-6-8-10-12-14-16-18-20/h12,14,19H,3-11,13,15-18H2,1-2H3/b14-12-. The van der Waals surface area contributed by atoms with Gasteiger partial charge in [0.15, 0.2) is 6.29 Å². The summed E-state index contributed by atoms with van der Waals surface area (Å²) in [6, 6.07) is 0. The van der Waals surface area contributed by atoms with Crippen LogP contribution in [0.1, 0.15) is 83.5 Å². The zero-order valence-corrected chi connectivity index (χ0v) is 17.0. The van der Waals surface area contributed by atoms with Crippen molar-refractivity contribution in [3.63, 3.8) is 0 Å². The summed E-state index contributed by atoms with van der Waals surface area (Å²) in [5.74, 6) is 0. The van der Waals surface area contributed by atoms with Gasteiger partial charge in [0.2, 0.25) is 0 Å². The number of allylic oxidation sites excluding steroid dienone is 2. The molecular formula is C19H37IO2. The van der Waals surface area contributed by atoms with Gasteiger partial charge in [-0.05, 0) is 32.1 Å². The van der Waals surface area contributed by atoms with Gasteiger partial charge >= 0.3 is 0 Å². The fourth-order valence-electron chi connectivity index (χ4n) is 2.62. The Bertz CT molecular complexity index is 227. The lowest BCUT2D eigenvalue weighted by Gasteiger charge is -2.12. The van der Waals surface area contributed by atoms with Crippen LogP contribution < -0.4 is 0 Å². The van der Waals surface area contributed by atoms with Crippen molar-refractivity contribution in [3.05, 3.63) is 12.2 Å². The molecular weight excluding hydrogens is 387 g/mol. The second kappa shape index (κ2) is 19.4. The molecule has 2 nitrogen and oxygen atoms in total. The van der Waals surface area contributed by atoms with Crippen LogP contribution in [0.15, 0.2) is 12.2 Å². The van der Waals surface area contributed by atoms with E-state index in [-0.39, 0.29) is 6.29 Å². The predicted octanol–water partition coefficient (Wildman–Crippen LogP) is 6.67. The van der Waals surface area contributed by atoms with Crippen molar-refractivity contribution in [2.75, 3.05) is 18.6 Å². The Morgan fingerprint density at radius 2 is 1.14 bits per heavy atom. The van der Waals surface area contributed by atoms with Gasteiger partial charge in [-0.3, -0.25) is 0 Å². The van der Waals surface area contributed by atoms with E-state index in [0.29, 0.717) is 0 Å². The van der Waals surface area contributed by atoms with Crippen LogP contribution >= 0.6 is 22.6 Å². The van der Waals surface area contributed by atoms with Crippen molar-refractivity contribution in [2.24, 2.45) is 0 Å². The van der Waals surface area contributed by atoms with Crippen LogP contribution in [0.3, 0.4) is 0 Å². The largest absolute Gasteiger partial charge is 0.356 e. The van der Waals surface area contributed by atoms with Gasteiger partial charge in [-0.2, -0.15) is 0 Å². The lowest BCUT2D eigenvalue weighted by Crippen LogP contribution is -2.12. The molecule has 3 heteroatoms. The minimum absolute atomic E-state index is 0.00332. The maximum Gasteiger partial charge on any atom is 0.156 e. The zero-order valence-electron chi connectivity index (χ0n) is 14.8. The number of hydrogen-bond acceptors (Lipinski definition) is 2. The second-order valence-corrected chi connectivity index (χ2v) is 7.04. The molecule has 0 rings (SSSR count). The number of hydrogen-bond donors (Lipinski definition) is 0. The molecule has 0 aromatic heterocycles. The van der Waals surface area contributed by atoms with Gasteiger partial charge in [0.1, 0.15) is 0 Å². The molecule has 0 unspecified atom stereocenters. The topological polar surface area (TPSA) is 18.5 Å². The Balaban J connectivity index is 3.08. The normalized spacial score (nSPS) is 11.8. The van der Waals surface area contributed by atoms with E-state index < -0.39 is 0 Å². The summed E-state index contributed by atoms with van der Waals surface area (Å²) < 4.78 is 11.6. The molecule has 0 aliphatic rings. The molecule has 0 atom stereocenters. The van der Waals surface area contributed by atoms with E-state index in [1.165, 1.54) is 81.5 Å². The van der Waals surface area contributed by atoms with Crippen LogP contribution in [-0.2, 0) is 9.47 Å². The molecule has 0 saturated heterocycles. The minimum atomic E-state index is -0.00332. The summed E-state index contributed by atoms with van der Waals surface area (Å²) in [5, 5.41) is 0. The summed E-state index contributed by atoms with van der Waals surface area (Å²) >= 11 is 2.43. The van der Waals surface area contributed by atoms with E-state index in [1.807, 2.05) is 0 Å². The molecule has 0 aromatic carbocycles. The highest BCUT2D eigenvalue weighted by molar-refractivity contribution is 14.1. The first-order valence-electron chi connectivity index (χ1n) is 9.11. The van der Waals surface area contributed by atoms with Crippen molar-refractivity contribution >= 4 is 22.6 Å². The summed E-state index contributed by atoms with van der Waals surface area (Å²) in [6.07, 6.45) is 22.0. The average Bonchev–Trinajstić information content (AvgIpc) is 2.55. The number of ether oxygens (including phenoxy) is 2. The Labute approximate surface area is 152 Å². The van der Waals surface area contributed by atoms with Gasteiger partial charge in [-0.15, -0.1) is 0 Å². The van der Waals surface area contributed by atoms with E-state index in [9.17, 15) is 0 Å². The fraction of sp³-hybridized carbons (Fsp3) is 0.895. The number of alkyl halides is 1. The predicted molar refractivity (Wildman–Crippen MR) is 106 cm³/mol. The number of halogens is 1.